The lowest BCUT2D eigenvalue weighted by Gasteiger charge is -2.18. The Morgan fingerprint density at radius 2 is 1.75 bits per heavy atom. The van der Waals surface area contributed by atoms with Crippen LogP contribution in [0.2, 0.25) is 0 Å². The molecule has 0 spiro atoms. The van der Waals surface area contributed by atoms with Gasteiger partial charge >= 0.3 is 0 Å². The summed E-state index contributed by atoms with van der Waals surface area (Å²) in [5.74, 6) is 1.92. The molecule has 1 nitrogen and oxygen atoms in total. The first-order valence-electron chi connectivity index (χ1n) is 5.44. The van der Waals surface area contributed by atoms with Crippen molar-refractivity contribution in [1.29, 1.82) is 0 Å². The van der Waals surface area contributed by atoms with E-state index >= 15 is 0 Å². The maximum atomic E-state index is 6.07. The Labute approximate surface area is 106 Å². The van der Waals surface area contributed by atoms with Crippen LogP contribution in [0.5, 0.6) is 0 Å². The van der Waals surface area contributed by atoms with Gasteiger partial charge in [0.05, 0.1) is 0 Å². The van der Waals surface area contributed by atoms with Gasteiger partial charge in [0.1, 0.15) is 11.5 Å². The Balaban J connectivity index is 2.04. The molecule has 2 aliphatic rings. The van der Waals surface area contributed by atoms with Crippen LogP contribution >= 0.6 is 23.2 Å². The van der Waals surface area contributed by atoms with Crippen molar-refractivity contribution in [2.45, 2.75) is 32.6 Å². The van der Waals surface area contributed by atoms with Crippen LogP contribution in [0.4, 0.5) is 0 Å². The summed E-state index contributed by atoms with van der Waals surface area (Å²) in [6.07, 6.45) is 9.39. The van der Waals surface area contributed by atoms with Gasteiger partial charge in [0, 0.05) is 22.9 Å². The van der Waals surface area contributed by atoms with Crippen LogP contribution in [0.1, 0.15) is 32.6 Å². The summed E-state index contributed by atoms with van der Waals surface area (Å²) < 4.78 is 5.80. The van der Waals surface area contributed by atoms with Gasteiger partial charge in [-0.25, -0.2) is 0 Å². The third-order valence-electron chi connectivity index (χ3n) is 2.76. The molecule has 0 saturated carbocycles. The molecule has 0 aromatic heterocycles. The molecule has 0 N–H and O–H groups in total. The van der Waals surface area contributed by atoms with Crippen molar-refractivity contribution in [1.82, 2.24) is 0 Å². The summed E-state index contributed by atoms with van der Waals surface area (Å²) in [6.45, 7) is 2.05. The largest absolute Gasteiger partial charge is 0.466 e. The van der Waals surface area contributed by atoms with E-state index in [9.17, 15) is 0 Å². The number of hydrogen-bond acceptors (Lipinski definition) is 1. The van der Waals surface area contributed by atoms with E-state index in [0.717, 1.165) is 47.3 Å². The zero-order valence-electron chi connectivity index (χ0n) is 9.22. The van der Waals surface area contributed by atoms with E-state index in [0.29, 0.717) is 0 Å². The number of hydrogen-bond donors (Lipinski definition) is 0. The average molecular weight is 257 g/mol. The smallest absolute Gasteiger partial charge is 0.105 e. The topological polar surface area (TPSA) is 9.23 Å². The Kier molecular flexibility index (Phi) is 3.78. The minimum atomic E-state index is 0.811. The van der Waals surface area contributed by atoms with Gasteiger partial charge in [-0.3, -0.25) is 0 Å². The Bertz CT molecular complexity index is 414. The molecule has 0 fully saturated rings. The molecular formula is C13H14Cl2O. The van der Waals surface area contributed by atoms with Gasteiger partial charge in [-0.1, -0.05) is 28.8 Å². The lowest BCUT2D eigenvalue weighted by atomic mass is 10.1. The predicted octanol–water partition coefficient (Wildman–Crippen LogP) is 4.99. The normalized spacial score (nSPS) is 21.3. The minimum Gasteiger partial charge on any atom is -0.466 e. The zero-order chi connectivity index (χ0) is 11.5. The highest BCUT2D eigenvalue weighted by Crippen LogP contribution is 2.30. The molecule has 0 amide bonds. The molecule has 0 heterocycles. The van der Waals surface area contributed by atoms with E-state index < -0.39 is 0 Å². The molecular weight excluding hydrogens is 243 g/mol. The van der Waals surface area contributed by atoms with Crippen LogP contribution in [0.15, 0.2) is 45.4 Å². The molecule has 0 radical (unpaired) electrons. The first kappa shape index (κ1) is 11.8. The van der Waals surface area contributed by atoms with Crippen molar-refractivity contribution in [2.75, 3.05) is 0 Å². The second kappa shape index (κ2) is 5.11. The third kappa shape index (κ3) is 2.93. The second-order valence-electron chi connectivity index (χ2n) is 4.09. The summed E-state index contributed by atoms with van der Waals surface area (Å²) in [4.78, 5) is 0. The van der Waals surface area contributed by atoms with Crippen molar-refractivity contribution < 1.29 is 4.74 Å². The quantitative estimate of drug-likeness (QED) is 0.676. The van der Waals surface area contributed by atoms with Crippen LogP contribution in [-0.2, 0) is 4.74 Å². The maximum Gasteiger partial charge on any atom is 0.105 e. The van der Waals surface area contributed by atoms with Gasteiger partial charge in [0.15, 0.2) is 0 Å². The van der Waals surface area contributed by atoms with Crippen LogP contribution in [0, 0.1) is 0 Å². The van der Waals surface area contributed by atoms with Crippen molar-refractivity contribution in [3.8, 4) is 0 Å². The maximum absolute atomic E-state index is 6.07. The summed E-state index contributed by atoms with van der Waals surface area (Å²) in [5.41, 5.74) is 1.23. The van der Waals surface area contributed by atoms with E-state index in [2.05, 4.69) is 6.92 Å². The van der Waals surface area contributed by atoms with Gasteiger partial charge < -0.3 is 4.74 Å². The van der Waals surface area contributed by atoms with E-state index in [4.69, 9.17) is 27.9 Å². The molecule has 0 saturated heterocycles. The number of ether oxygens (including phenoxy) is 1. The van der Waals surface area contributed by atoms with Crippen LogP contribution in [-0.4, -0.2) is 0 Å². The molecule has 0 unspecified atom stereocenters. The van der Waals surface area contributed by atoms with Gasteiger partial charge in [-0.15, -0.1) is 0 Å². The molecule has 3 heteroatoms. The highest BCUT2D eigenvalue weighted by atomic mass is 35.5. The van der Waals surface area contributed by atoms with Crippen molar-refractivity contribution in [3.63, 3.8) is 0 Å². The first-order valence-corrected chi connectivity index (χ1v) is 6.19. The van der Waals surface area contributed by atoms with Crippen LogP contribution in [0.3, 0.4) is 0 Å². The van der Waals surface area contributed by atoms with Crippen LogP contribution in [0.25, 0.3) is 0 Å². The fraction of sp³-hybridized carbons (Fsp3) is 0.385. The molecule has 0 aromatic carbocycles. The lowest BCUT2D eigenvalue weighted by Crippen LogP contribution is -2.01. The Morgan fingerprint density at radius 1 is 1.00 bits per heavy atom. The molecule has 2 aliphatic carbocycles. The monoisotopic (exact) mass is 256 g/mol. The van der Waals surface area contributed by atoms with Gasteiger partial charge in [-0.05, 0) is 38.0 Å². The fourth-order valence-electron chi connectivity index (χ4n) is 1.69. The van der Waals surface area contributed by atoms with Gasteiger partial charge in [-0.2, -0.15) is 0 Å². The zero-order valence-corrected chi connectivity index (χ0v) is 10.7. The van der Waals surface area contributed by atoms with Crippen LogP contribution < -0.4 is 0 Å². The van der Waals surface area contributed by atoms with Crippen molar-refractivity contribution >= 4 is 23.2 Å². The lowest BCUT2D eigenvalue weighted by molar-refractivity contribution is 0.274. The molecule has 0 bridgehead atoms. The van der Waals surface area contributed by atoms with Gasteiger partial charge in [0.25, 0.3) is 0 Å². The van der Waals surface area contributed by atoms with E-state index in [1.54, 1.807) is 0 Å². The first-order chi connectivity index (χ1) is 7.65. The van der Waals surface area contributed by atoms with E-state index in [1.807, 2.05) is 18.2 Å². The van der Waals surface area contributed by atoms with E-state index in [1.165, 1.54) is 5.57 Å². The van der Waals surface area contributed by atoms with E-state index in [-0.39, 0.29) is 0 Å². The molecule has 16 heavy (non-hydrogen) atoms. The van der Waals surface area contributed by atoms with Gasteiger partial charge in [0.2, 0.25) is 0 Å². The second-order valence-corrected chi connectivity index (χ2v) is 4.98. The number of allylic oxidation sites excluding steroid dienone is 8. The third-order valence-corrected chi connectivity index (χ3v) is 3.51. The SMILES string of the molecule is CC1=C(Cl)C=C(OC2=CC=C(Cl)CC2)CC1. The Hall–Kier alpha value is -0.660. The molecule has 86 valence electrons. The predicted molar refractivity (Wildman–Crippen MR) is 68.2 cm³/mol. The standard InChI is InChI=1S/C13H14Cl2O/c1-9-2-5-12(8-13(9)15)16-11-6-3-10(14)4-7-11/h3,6,8H,2,4-5,7H2,1H3. The summed E-state index contributed by atoms with van der Waals surface area (Å²) in [5, 5.41) is 1.70. The minimum absolute atomic E-state index is 0.811. The molecule has 0 aromatic rings. The summed E-state index contributed by atoms with van der Waals surface area (Å²) >= 11 is 12.0. The van der Waals surface area contributed by atoms with Crippen molar-refractivity contribution in [3.05, 3.63) is 45.4 Å². The highest BCUT2D eigenvalue weighted by Gasteiger charge is 2.13. The summed E-state index contributed by atoms with van der Waals surface area (Å²) in [7, 11) is 0. The summed E-state index contributed by atoms with van der Waals surface area (Å²) in [6, 6.07) is 0. The molecule has 0 aliphatic heterocycles. The Morgan fingerprint density at radius 3 is 2.38 bits per heavy atom. The fourth-order valence-corrected chi connectivity index (χ4v) is 2.07. The molecule has 2 rings (SSSR count). The van der Waals surface area contributed by atoms with Crippen molar-refractivity contribution in [2.24, 2.45) is 0 Å². The number of halogens is 2. The highest BCUT2D eigenvalue weighted by molar-refractivity contribution is 6.31. The molecule has 0 atom stereocenters. The number of rotatable bonds is 2. The average Bonchev–Trinajstić information content (AvgIpc) is 2.27.